The number of pyridine rings is 1. The Hall–Kier alpha value is -7.04. The fourth-order valence-corrected chi connectivity index (χ4v) is 8.49. The van der Waals surface area contributed by atoms with E-state index in [-0.39, 0.29) is 11.0 Å². The first kappa shape index (κ1) is 26.7. The quantitative estimate of drug-likeness (QED) is 0.174. The molecule has 0 saturated heterocycles. The molecule has 0 spiro atoms. The summed E-state index contributed by atoms with van der Waals surface area (Å²) in [6, 6.07) is 48.6. The molecule has 0 aliphatic rings. The van der Waals surface area contributed by atoms with Gasteiger partial charge in [0.25, 0.3) is 0 Å². The zero-order chi connectivity index (χ0) is 60.8. The summed E-state index contributed by atoms with van der Waals surface area (Å²) < 4.78 is 160. The van der Waals surface area contributed by atoms with Crippen molar-refractivity contribution in [3.63, 3.8) is 0 Å². The minimum Gasteiger partial charge on any atom is -0.507 e. The first-order valence-corrected chi connectivity index (χ1v) is 21.3. The van der Waals surface area contributed by atoms with Crippen LogP contribution in [0.25, 0.3) is 83.9 Å². The summed E-state index contributed by atoms with van der Waals surface area (Å²) in [4.78, 5) is 10.0. The monoisotopic (exact) mass is 868 g/mol. The molecule has 0 aliphatic heterocycles. The van der Waals surface area contributed by atoms with Crippen molar-refractivity contribution in [1.29, 1.82) is 0 Å². The Labute approximate surface area is 410 Å². The average Bonchev–Trinajstić information content (AvgIpc) is 1.21. The smallest absolute Gasteiger partial charge is 0.149 e. The van der Waals surface area contributed by atoms with Gasteiger partial charge in [0.2, 0.25) is 0 Å². The largest absolute Gasteiger partial charge is 0.507 e. The number of nitrogens with zero attached hydrogens (tertiary/aromatic N) is 3. The molecule has 0 aliphatic carbocycles. The van der Waals surface area contributed by atoms with Crippen LogP contribution in [0.15, 0.2) is 170 Å². The van der Waals surface area contributed by atoms with E-state index in [1.807, 2.05) is 155 Å². The lowest BCUT2D eigenvalue weighted by molar-refractivity contribution is 0.446. The third-order valence-corrected chi connectivity index (χ3v) is 11.8. The predicted molar refractivity (Wildman–Crippen MR) is 274 cm³/mol. The van der Waals surface area contributed by atoms with Gasteiger partial charge in [-0.1, -0.05) is 177 Å². The molecule has 7 aromatic carbocycles. The molecule has 9 aromatic rings. The van der Waals surface area contributed by atoms with Crippen molar-refractivity contribution in [1.82, 2.24) is 14.5 Å². The van der Waals surface area contributed by atoms with Gasteiger partial charge in [0.15, 0.2) is 0 Å². The molecular formula is C61H59N3O. The summed E-state index contributed by atoms with van der Waals surface area (Å²) in [5.41, 5.74) is -2.06. The maximum absolute atomic E-state index is 13.0. The van der Waals surface area contributed by atoms with Crippen LogP contribution in [0.4, 0.5) is 0 Å². The third-order valence-electron chi connectivity index (χ3n) is 11.8. The molecular weight excluding hydrogens is 791 g/mol. The van der Waals surface area contributed by atoms with Crippen LogP contribution < -0.4 is 0 Å². The van der Waals surface area contributed by atoms with Crippen LogP contribution in [0.1, 0.15) is 109 Å². The van der Waals surface area contributed by atoms with Crippen molar-refractivity contribution in [3.05, 3.63) is 192 Å². The average molecular weight is 868 g/mol. The molecule has 324 valence electrons. The van der Waals surface area contributed by atoms with Crippen LogP contribution in [0.2, 0.25) is 0 Å². The fourth-order valence-electron chi connectivity index (χ4n) is 8.49. The van der Waals surface area contributed by atoms with E-state index in [2.05, 4.69) is 0 Å². The Kier molecular flexibility index (Phi) is 6.77. The molecule has 2 aromatic heterocycles. The second kappa shape index (κ2) is 16.5. The topological polar surface area (TPSA) is 50.9 Å². The van der Waals surface area contributed by atoms with Crippen LogP contribution in [0.3, 0.4) is 0 Å². The number of fused-ring (bicyclic) bond motifs is 1. The van der Waals surface area contributed by atoms with Gasteiger partial charge in [-0.2, -0.15) is 0 Å². The maximum atomic E-state index is 13.0. The summed E-state index contributed by atoms with van der Waals surface area (Å²) in [6.45, 7) is -16.5. The fraction of sp³-hybridized carbons (Fsp3) is 0.213. The van der Waals surface area contributed by atoms with Gasteiger partial charge in [0.1, 0.15) is 11.6 Å². The predicted octanol–water partition coefficient (Wildman–Crippen LogP) is 16.3. The highest BCUT2D eigenvalue weighted by Gasteiger charge is 2.29. The van der Waals surface area contributed by atoms with E-state index in [4.69, 9.17) is 34.6 Å². The lowest BCUT2D eigenvalue weighted by atomic mass is 9.78. The van der Waals surface area contributed by atoms with E-state index >= 15 is 0 Å². The highest BCUT2D eigenvalue weighted by molar-refractivity contribution is 5.98. The van der Waals surface area contributed by atoms with E-state index in [9.17, 15) is 5.11 Å². The van der Waals surface area contributed by atoms with Gasteiger partial charge in [-0.05, 0) is 128 Å². The molecule has 0 fully saturated rings. The number of rotatable bonds is 7. The molecule has 9 rings (SSSR count). The van der Waals surface area contributed by atoms with E-state index in [1.54, 1.807) is 30.5 Å². The van der Waals surface area contributed by atoms with Crippen molar-refractivity contribution in [2.45, 2.75) is 85.1 Å². The zero-order valence-electron chi connectivity index (χ0n) is 54.5. The zero-order valence-corrected chi connectivity index (χ0v) is 36.5. The summed E-state index contributed by atoms with van der Waals surface area (Å²) in [7, 11) is 0. The molecule has 1 N–H and O–H groups in total. The van der Waals surface area contributed by atoms with Gasteiger partial charge >= 0.3 is 0 Å². The first-order chi connectivity index (χ1) is 38.4. The normalized spacial score (nSPS) is 17.5. The molecule has 4 nitrogen and oxygen atoms in total. The van der Waals surface area contributed by atoms with Gasteiger partial charge in [-0.25, -0.2) is 4.98 Å². The molecule has 0 bridgehead atoms. The highest BCUT2D eigenvalue weighted by atomic mass is 16.3. The number of aromatic hydroxyl groups is 1. The number of aryl methyl sites for hydroxylation is 1. The van der Waals surface area contributed by atoms with Crippen molar-refractivity contribution in [2.24, 2.45) is 0 Å². The molecule has 0 unspecified atom stereocenters. The lowest BCUT2D eigenvalue weighted by Crippen LogP contribution is -2.17. The second-order valence-corrected chi connectivity index (χ2v) is 17.7. The minimum atomic E-state index is -4.14. The van der Waals surface area contributed by atoms with Crippen molar-refractivity contribution in [2.75, 3.05) is 0 Å². The second-order valence-electron chi connectivity index (χ2n) is 17.7. The van der Waals surface area contributed by atoms with Crippen LogP contribution in [0.5, 0.6) is 5.75 Å². The van der Waals surface area contributed by atoms with Crippen LogP contribution >= 0.6 is 0 Å². The third kappa shape index (κ3) is 8.54. The Morgan fingerprint density at radius 3 is 1.85 bits per heavy atom. The van der Waals surface area contributed by atoms with Crippen LogP contribution in [-0.2, 0) is 16.2 Å². The standard InChI is InChI=1S/C61H59N3O/c1-39-24-26-41(27-25-39)43-30-31-62-54(35-43)46-33-44(40-18-13-11-14-19-40)32-45(34-46)50-22-17-23-55-56(50)63-58(51-36-47(59(2,3)4)37-53(57(51)65)61(8,9)10)64(55)48-28-29-49(42-20-15-12-16-21-42)52(38-48)60(5,6)7/h11-38,65H,1-10H3/i2D3,3D3,4D3,8D3,9D3,10D3. The Balaban J connectivity index is 1.48. The number of benzene rings is 7. The van der Waals surface area contributed by atoms with E-state index in [0.717, 1.165) is 50.6 Å². The number of hydrogen-bond acceptors (Lipinski definition) is 3. The highest BCUT2D eigenvalue weighted by Crippen LogP contribution is 2.46. The van der Waals surface area contributed by atoms with Crippen molar-refractivity contribution < 1.29 is 29.8 Å². The van der Waals surface area contributed by atoms with Crippen LogP contribution in [-0.4, -0.2) is 19.6 Å². The van der Waals surface area contributed by atoms with Gasteiger partial charge < -0.3 is 5.11 Å². The molecule has 0 saturated carbocycles. The Morgan fingerprint density at radius 2 is 1.15 bits per heavy atom. The number of phenols is 1. The summed E-state index contributed by atoms with van der Waals surface area (Å²) in [6.07, 6.45) is 1.72. The molecule has 0 atom stereocenters. The van der Waals surface area contributed by atoms with Gasteiger partial charge in [0.05, 0.1) is 22.3 Å². The molecule has 65 heavy (non-hydrogen) atoms. The number of aromatic nitrogens is 3. The number of imidazole rings is 1. The van der Waals surface area contributed by atoms with Gasteiger partial charge in [0, 0.05) is 53.2 Å². The van der Waals surface area contributed by atoms with E-state index < -0.39 is 85.6 Å². The first-order valence-electron chi connectivity index (χ1n) is 30.3. The van der Waals surface area contributed by atoms with E-state index in [1.165, 1.54) is 4.57 Å². The SMILES string of the molecule is [2H]C([2H])([2H])C(c1cc(-c2nc3c(-c4cc(-c5ccccc5)cc(-c5cc(-c6ccc(C)cc6)ccn5)c4)cccc3n2-c2ccc(-c3ccccc3)c(C(C)(C)C)c2)c(O)c(C(C([2H])([2H])[2H])(C([2H])([2H])[2H])C([2H])([2H])[2H])c1)(C([2H])([2H])[2H])C([2H])([2H])[2H]. The van der Waals surface area contributed by atoms with Crippen molar-refractivity contribution in [3.8, 4) is 78.6 Å². The molecule has 0 radical (unpaired) electrons. The van der Waals surface area contributed by atoms with Gasteiger partial charge in [-0.3, -0.25) is 9.55 Å². The summed E-state index contributed by atoms with van der Waals surface area (Å²) in [5, 5.41) is 13.0. The Bertz CT molecular complexity index is 3810. The molecule has 4 heteroatoms. The Morgan fingerprint density at radius 1 is 0.492 bits per heavy atom. The van der Waals surface area contributed by atoms with E-state index in [0.29, 0.717) is 34.1 Å². The van der Waals surface area contributed by atoms with Crippen LogP contribution in [0, 0.1) is 6.92 Å². The van der Waals surface area contributed by atoms with Crippen molar-refractivity contribution >= 4 is 11.0 Å². The molecule has 2 heterocycles. The van der Waals surface area contributed by atoms with Gasteiger partial charge in [-0.15, -0.1) is 0 Å². The lowest BCUT2D eigenvalue weighted by Gasteiger charge is -2.28. The number of para-hydroxylation sites is 1. The molecule has 0 amide bonds. The summed E-state index contributed by atoms with van der Waals surface area (Å²) >= 11 is 0. The minimum absolute atomic E-state index is 0.179. The number of hydrogen-bond donors (Lipinski definition) is 1. The maximum Gasteiger partial charge on any atom is 0.149 e. The summed E-state index contributed by atoms with van der Waals surface area (Å²) in [5.74, 6) is -1.76. The number of phenolic OH excluding ortho intramolecular Hbond substituents is 1.